The average Bonchev–Trinajstić information content (AvgIpc) is 2.44. The lowest BCUT2D eigenvalue weighted by Gasteiger charge is -2.34. The van der Waals surface area contributed by atoms with Crippen molar-refractivity contribution in [2.75, 3.05) is 26.2 Å². The normalized spacial score (nSPS) is 16.4. The number of hydrogen-bond donors (Lipinski definition) is 0. The van der Waals surface area contributed by atoms with Gasteiger partial charge < -0.3 is 4.90 Å². The van der Waals surface area contributed by atoms with Crippen LogP contribution in [0.15, 0.2) is 18.2 Å². The highest BCUT2D eigenvalue weighted by Gasteiger charge is 2.20. The maximum Gasteiger partial charge on any atom is 0.222 e. The summed E-state index contributed by atoms with van der Waals surface area (Å²) in [6.45, 7) is 6.36. The van der Waals surface area contributed by atoms with Crippen molar-refractivity contribution < 1.29 is 4.79 Å². The summed E-state index contributed by atoms with van der Waals surface area (Å²) in [5, 5.41) is 1.19. The molecule has 0 radical (unpaired) electrons. The highest BCUT2D eigenvalue weighted by Crippen LogP contribution is 2.23. The Kier molecular flexibility index (Phi) is 5.70. The van der Waals surface area contributed by atoms with Crippen LogP contribution in [0.1, 0.15) is 25.3 Å². The highest BCUT2D eigenvalue weighted by atomic mass is 35.5. The number of benzene rings is 1. The molecule has 1 aromatic carbocycles. The van der Waals surface area contributed by atoms with Gasteiger partial charge in [-0.05, 0) is 24.1 Å². The molecule has 20 heavy (non-hydrogen) atoms. The molecule has 0 N–H and O–H groups in total. The summed E-state index contributed by atoms with van der Waals surface area (Å²) >= 11 is 11.9. The first kappa shape index (κ1) is 15.6. The zero-order valence-corrected chi connectivity index (χ0v) is 13.3. The summed E-state index contributed by atoms with van der Waals surface area (Å²) in [7, 11) is 0. The SMILES string of the molecule is CCCC(=O)N1CCN(Cc2ccc(Cl)c(Cl)c2)CC1. The molecule has 0 aliphatic carbocycles. The Morgan fingerprint density at radius 3 is 2.45 bits per heavy atom. The molecule has 1 fully saturated rings. The van der Waals surface area contributed by atoms with E-state index in [1.54, 1.807) is 0 Å². The first-order valence-corrected chi connectivity index (χ1v) is 7.80. The van der Waals surface area contributed by atoms with Crippen molar-refractivity contribution in [3.63, 3.8) is 0 Å². The zero-order valence-electron chi connectivity index (χ0n) is 11.7. The molecule has 1 heterocycles. The van der Waals surface area contributed by atoms with Gasteiger partial charge in [-0.15, -0.1) is 0 Å². The van der Waals surface area contributed by atoms with E-state index in [1.165, 1.54) is 0 Å². The van der Waals surface area contributed by atoms with E-state index in [0.717, 1.165) is 44.7 Å². The van der Waals surface area contributed by atoms with Crippen LogP contribution in [0.2, 0.25) is 10.0 Å². The lowest BCUT2D eigenvalue weighted by molar-refractivity contribution is -0.133. The third-order valence-electron chi connectivity index (χ3n) is 3.58. The molecular formula is C15H20Cl2N2O. The summed E-state index contributed by atoms with van der Waals surface area (Å²) in [4.78, 5) is 16.1. The maximum atomic E-state index is 11.8. The van der Waals surface area contributed by atoms with Crippen molar-refractivity contribution in [2.24, 2.45) is 0 Å². The smallest absolute Gasteiger partial charge is 0.222 e. The third kappa shape index (κ3) is 4.11. The number of amides is 1. The minimum atomic E-state index is 0.279. The summed E-state index contributed by atoms with van der Waals surface area (Å²) in [6, 6.07) is 5.75. The van der Waals surface area contributed by atoms with Crippen LogP contribution in [-0.4, -0.2) is 41.9 Å². The van der Waals surface area contributed by atoms with E-state index in [-0.39, 0.29) is 5.91 Å². The number of piperazine rings is 1. The van der Waals surface area contributed by atoms with Gasteiger partial charge in [0.25, 0.3) is 0 Å². The monoisotopic (exact) mass is 314 g/mol. The van der Waals surface area contributed by atoms with Crippen molar-refractivity contribution >= 4 is 29.1 Å². The fourth-order valence-corrected chi connectivity index (χ4v) is 2.74. The fourth-order valence-electron chi connectivity index (χ4n) is 2.42. The standard InChI is InChI=1S/C15H20Cl2N2O/c1-2-3-15(20)19-8-6-18(7-9-19)11-12-4-5-13(16)14(17)10-12/h4-5,10H,2-3,6-9,11H2,1H3. The van der Waals surface area contributed by atoms with Gasteiger partial charge in [0.05, 0.1) is 10.0 Å². The molecule has 1 amide bonds. The molecule has 0 bridgehead atoms. The summed E-state index contributed by atoms with van der Waals surface area (Å²) < 4.78 is 0. The van der Waals surface area contributed by atoms with Gasteiger partial charge in [0.1, 0.15) is 0 Å². The highest BCUT2D eigenvalue weighted by molar-refractivity contribution is 6.42. The number of halogens is 2. The Morgan fingerprint density at radius 2 is 1.85 bits per heavy atom. The fraction of sp³-hybridized carbons (Fsp3) is 0.533. The molecule has 0 aromatic heterocycles. The predicted molar refractivity (Wildman–Crippen MR) is 83.2 cm³/mol. The van der Waals surface area contributed by atoms with E-state index in [2.05, 4.69) is 4.90 Å². The average molecular weight is 315 g/mol. The first-order valence-electron chi connectivity index (χ1n) is 7.04. The first-order chi connectivity index (χ1) is 9.60. The molecule has 0 saturated carbocycles. The molecule has 1 aliphatic rings. The number of carbonyl (C=O) groups excluding carboxylic acids is 1. The second kappa shape index (κ2) is 7.30. The minimum Gasteiger partial charge on any atom is -0.340 e. The van der Waals surface area contributed by atoms with Crippen molar-refractivity contribution in [1.82, 2.24) is 9.80 Å². The van der Waals surface area contributed by atoms with Gasteiger partial charge in [0.15, 0.2) is 0 Å². The third-order valence-corrected chi connectivity index (χ3v) is 4.32. The Labute approximate surface area is 130 Å². The van der Waals surface area contributed by atoms with Crippen LogP contribution in [0.5, 0.6) is 0 Å². The maximum absolute atomic E-state index is 11.8. The van der Waals surface area contributed by atoms with Gasteiger partial charge in [0, 0.05) is 39.1 Å². The molecule has 3 nitrogen and oxygen atoms in total. The van der Waals surface area contributed by atoms with Crippen LogP contribution < -0.4 is 0 Å². The number of carbonyl (C=O) groups is 1. The summed E-state index contributed by atoms with van der Waals surface area (Å²) in [6.07, 6.45) is 1.58. The van der Waals surface area contributed by atoms with Crippen LogP contribution in [0.4, 0.5) is 0 Å². The number of nitrogens with zero attached hydrogens (tertiary/aromatic N) is 2. The summed E-state index contributed by atoms with van der Waals surface area (Å²) in [5.74, 6) is 0.279. The van der Waals surface area contributed by atoms with E-state index < -0.39 is 0 Å². The van der Waals surface area contributed by atoms with Gasteiger partial charge in [-0.3, -0.25) is 9.69 Å². The van der Waals surface area contributed by atoms with E-state index >= 15 is 0 Å². The van der Waals surface area contributed by atoms with E-state index in [4.69, 9.17) is 23.2 Å². The molecule has 1 aromatic rings. The zero-order chi connectivity index (χ0) is 14.5. The molecule has 0 spiro atoms. The second-order valence-electron chi connectivity index (χ2n) is 5.16. The van der Waals surface area contributed by atoms with Crippen molar-refractivity contribution in [3.05, 3.63) is 33.8 Å². The Morgan fingerprint density at radius 1 is 1.15 bits per heavy atom. The van der Waals surface area contributed by atoms with Crippen molar-refractivity contribution in [1.29, 1.82) is 0 Å². The number of hydrogen-bond acceptors (Lipinski definition) is 2. The van der Waals surface area contributed by atoms with Gasteiger partial charge in [-0.25, -0.2) is 0 Å². The Balaban J connectivity index is 1.85. The Bertz CT molecular complexity index is 471. The van der Waals surface area contributed by atoms with E-state index in [0.29, 0.717) is 16.5 Å². The molecular weight excluding hydrogens is 295 g/mol. The largest absolute Gasteiger partial charge is 0.340 e. The van der Waals surface area contributed by atoms with Crippen molar-refractivity contribution in [3.8, 4) is 0 Å². The number of rotatable bonds is 4. The molecule has 5 heteroatoms. The Hall–Kier alpha value is -0.770. The molecule has 1 saturated heterocycles. The van der Waals surface area contributed by atoms with Crippen LogP contribution in [-0.2, 0) is 11.3 Å². The van der Waals surface area contributed by atoms with Crippen LogP contribution in [0, 0.1) is 0 Å². The lowest BCUT2D eigenvalue weighted by Crippen LogP contribution is -2.48. The van der Waals surface area contributed by atoms with Gasteiger partial charge >= 0.3 is 0 Å². The van der Waals surface area contributed by atoms with Crippen molar-refractivity contribution in [2.45, 2.75) is 26.3 Å². The quantitative estimate of drug-likeness (QED) is 0.850. The molecule has 110 valence electrons. The molecule has 2 rings (SSSR count). The van der Waals surface area contributed by atoms with Crippen LogP contribution in [0.25, 0.3) is 0 Å². The van der Waals surface area contributed by atoms with Crippen LogP contribution in [0.3, 0.4) is 0 Å². The molecule has 0 unspecified atom stereocenters. The topological polar surface area (TPSA) is 23.6 Å². The molecule has 1 aliphatic heterocycles. The summed E-state index contributed by atoms with van der Waals surface area (Å²) in [5.41, 5.74) is 1.16. The van der Waals surface area contributed by atoms with Gasteiger partial charge in [-0.1, -0.05) is 36.2 Å². The van der Waals surface area contributed by atoms with Gasteiger partial charge in [0.2, 0.25) is 5.91 Å². The van der Waals surface area contributed by atoms with E-state index in [9.17, 15) is 4.79 Å². The second-order valence-corrected chi connectivity index (χ2v) is 5.97. The van der Waals surface area contributed by atoms with Crippen LogP contribution >= 0.6 is 23.2 Å². The predicted octanol–water partition coefficient (Wildman–Crippen LogP) is 3.44. The lowest BCUT2D eigenvalue weighted by atomic mass is 10.2. The van der Waals surface area contributed by atoms with Gasteiger partial charge in [-0.2, -0.15) is 0 Å². The molecule has 0 atom stereocenters. The van der Waals surface area contributed by atoms with E-state index in [1.807, 2.05) is 30.0 Å². The minimum absolute atomic E-state index is 0.279.